The molecule has 0 saturated carbocycles. The zero-order valence-electron chi connectivity index (χ0n) is 8.38. The Hall–Kier alpha value is -0.610. The summed E-state index contributed by atoms with van der Waals surface area (Å²) < 4.78 is 5.21. The van der Waals surface area contributed by atoms with Crippen LogP contribution in [0.5, 0.6) is 0 Å². The number of carbonyl (C=O) groups is 1. The van der Waals surface area contributed by atoms with Gasteiger partial charge in [0.2, 0.25) is 0 Å². The largest absolute Gasteiger partial charge is 0.480 e. The molecule has 13 heavy (non-hydrogen) atoms. The van der Waals surface area contributed by atoms with Gasteiger partial charge in [-0.05, 0) is 19.4 Å². The minimum atomic E-state index is -0.804. The molecule has 0 rings (SSSR count). The molecule has 4 nitrogen and oxygen atoms in total. The highest BCUT2D eigenvalue weighted by atomic mass is 16.5. The van der Waals surface area contributed by atoms with Crippen LogP contribution in [0.2, 0.25) is 0 Å². The number of carboxylic acid groups (broad SMARTS) is 1. The Morgan fingerprint density at radius 1 is 1.46 bits per heavy atom. The van der Waals surface area contributed by atoms with Crippen molar-refractivity contribution in [3.8, 4) is 0 Å². The summed E-state index contributed by atoms with van der Waals surface area (Å²) in [5.74, 6) is -0.804. The van der Waals surface area contributed by atoms with Crippen molar-refractivity contribution in [1.82, 2.24) is 5.32 Å². The van der Waals surface area contributed by atoms with Crippen LogP contribution in [0.3, 0.4) is 0 Å². The molecule has 0 fully saturated rings. The van der Waals surface area contributed by atoms with Crippen molar-refractivity contribution in [1.29, 1.82) is 0 Å². The molecule has 1 atom stereocenters. The molecule has 0 bridgehead atoms. The highest BCUT2D eigenvalue weighted by Gasteiger charge is 2.14. The normalized spacial score (nSPS) is 12.8. The molecule has 78 valence electrons. The molecule has 0 heterocycles. The van der Waals surface area contributed by atoms with Gasteiger partial charge in [-0.15, -0.1) is 0 Å². The Labute approximate surface area is 79.3 Å². The van der Waals surface area contributed by atoms with E-state index in [0.29, 0.717) is 26.2 Å². The Bertz CT molecular complexity index is 139. The van der Waals surface area contributed by atoms with Crippen LogP contribution in [0.1, 0.15) is 26.7 Å². The maximum atomic E-state index is 10.6. The van der Waals surface area contributed by atoms with Gasteiger partial charge in [-0.2, -0.15) is 0 Å². The van der Waals surface area contributed by atoms with Crippen LogP contribution in [0.25, 0.3) is 0 Å². The van der Waals surface area contributed by atoms with Gasteiger partial charge in [0.15, 0.2) is 0 Å². The van der Waals surface area contributed by atoms with Crippen molar-refractivity contribution in [2.75, 3.05) is 19.8 Å². The molecule has 0 aliphatic carbocycles. The highest BCUT2D eigenvalue weighted by Crippen LogP contribution is 1.94. The minimum absolute atomic E-state index is 0.471. The second kappa shape index (κ2) is 8.01. The van der Waals surface area contributed by atoms with Gasteiger partial charge in [-0.3, -0.25) is 4.79 Å². The Morgan fingerprint density at radius 2 is 2.15 bits per heavy atom. The molecule has 0 aromatic carbocycles. The van der Waals surface area contributed by atoms with Crippen LogP contribution in [-0.2, 0) is 9.53 Å². The quantitative estimate of drug-likeness (QED) is 0.556. The number of hydrogen-bond acceptors (Lipinski definition) is 3. The number of aliphatic carboxylic acids is 1. The van der Waals surface area contributed by atoms with Gasteiger partial charge >= 0.3 is 5.97 Å². The lowest BCUT2D eigenvalue weighted by atomic mass is 10.2. The fraction of sp³-hybridized carbons (Fsp3) is 0.889. The van der Waals surface area contributed by atoms with Gasteiger partial charge in [0.1, 0.15) is 6.04 Å². The lowest BCUT2D eigenvalue weighted by Gasteiger charge is -2.12. The smallest absolute Gasteiger partial charge is 0.320 e. The summed E-state index contributed by atoms with van der Waals surface area (Å²) in [6, 6.07) is -0.471. The lowest BCUT2D eigenvalue weighted by Crippen LogP contribution is -2.37. The van der Waals surface area contributed by atoms with Gasteiger partial charge in [0.05, 0.1) is 0 Å². The number of ether oxygens (including phenoxy) is 1. The van der Waals surface area contributed by atoms with E-state index in [1.54, 1.807) is 0 Å². The number of hydrogen-bond donors (Lipinski definition) is 2. The van der Waals surface area contributed by atoms with Crippen LogP contribution in [0, 0.1) is 0 Å². The molecule has 4 heteroatoms. The number of likely N-dealkylation sites (N-methyl/N-ethyl adjacent to an activating group) is 1. The standard InChI is InChI=1S/C9H19NO3/c1-3-6-13-7-5-8(9(11)12)10-4-2/h8,10H,3-7H2,1-2H3,(H,11,12). The van der Waals surface area contributed by atoms with Crippen molar-refractivity contribution in [2.24, 2.45) is 0 Å². The summed E-state index contributed by atoms with van der Waals surface area (Å²) in [5.41, 5.74) is 0. The molecule has 0 aromatic rings. The number of carboxylic acids is 1. The third-order valence-corrected chi connectivity index (χ3v) is 1.65. The van der Waals surface area contributed by atoms with Crippen LogP contribution in [0.4, 0.5) is 0 Å². The average molecular weight is 189 g/mol. The van der Waals surface area contributed by atoms with E-state index in [9.17, 15) is 4.79 Å². The van der Waals surface area contributed by atoms with Gasteiger partial charge in [0.25, 0.3) is 0 Å². The molecule has 1 unspecified atom stereocenters. The van der Waals surface area contributed by atoms with Gasteiger partial charge in [-0.25, -0.2) is 0 Å². The molecule has 0 aliphatic rings. The van der Waals surface area contributed by atoms with E-state index in [0.717, 1.165) is 6.42 Å². The van der Waals surface area contributed by atoms with Crippen LogP contribution in [-0.4, -0.2) is 36.9 Å². The maximum Gasteiger partial charge on any atom is 0.320 e. The Balaban J connectivity index is 3.51. The monoisotopic (exact) mass is 189 g/mol. The summed E-state index contributed by atoms with van der Waals surface area (Å²) in [5, 5.41) is 11.6. The van der Waals surface area contributed by atoms with Crippen molar-refractivity contribution >= 4 is 5.97 Å². The molecule has 2 N–H and O–H groups in total. The third-order valence-electron chi connectivity index (χ3n) is 1.65. The van der Waals surface area contributed by atoms with E-state index in [-0.39, 0.29) is 0 Å². The fourth-order valence-corrected chi connectivity index (χ4v) is 1.01. The second-order valence-corrected chi connectivity index (χ2v) is 2.85. The van der Waals surface area contributed by atoms with Gasteiger partial charge in [0, 0.05) is 13.2 Å². The van der Waals surface area contributed by atoms with E-state index in [2.05, 4.69) is 5.32 Å². The predicted molar refractivity (Wildman–Crippen MR) is 50.8 cm³/mol. The highest BCUT2D eigenvalue weighted by molar-refractivity contribution is 5.73. The Kier molecular flexibility index (Phi) is 7.63. The summed E-state index contributed by atoms with van der Waals surface area (Å²) >= 11 is 0. The minimum Gasteiger partial charge on any atom is -0.480 e. The lowest BCUT2D eigenvalue weighted by molar-refractivity contribution is -0.140. The number of nitrogens with one attached hydrogen (secondary N) is 1. The van der Waals surface area contributed by atoms with Crippen molar-refractivity contribution < 1.29 is 14.6 Å². The van der Waals surface area contributed by atoms with Gasteiger partial charge in [-0.1, -0.05) is 13.8 Å². The van der Waals surface area contributed by atoms with E-state index < -0.39 is 12.0 Å². The van der Waals surface area contributed by atoms with Crippen LogP contribution >= 0.6 is 0 Å². The van der Waals surface area contributed by atoms with Crippen molar-refractivity contribution in [3.63, 3.8) is 0 Å². The predicted octanol–water partition coefficient (Wildman–Crippen LogP) is 0.866. The van der Waals surface area contributed by atoms with E-state index in [1.807, 2.05) is 13.8 Å². The fourth-order valence-electron chi connectivity index (χ4n) is 1.01. The zero-order valence-corrected chi connectivity index (χ0v) is 8.38. The summed E-state index contributed by atoms with van der Waals surface area (Å²) in [7, 11) is 0. The number of rotatable bonds is 8. The first-order chi connectivity index (χ1) is 6.22. The molecule has 0 amide bonds. The second-order valence-electron chi connectivity index (χ2n) is 2.85. The van der Waals surface area contributed by atoms with Crippen molar-refractivity contribution in [2.45, 2.75) is 32.7 Å². The van der Waals surface area contributed by atoms with Crippen LogP contribution < -0.4 is 5.32 Å². The van der Waals surface area contributed by atoms with Crippen LogP contribution in [0.15, 0.2) is 0 Å². The third kappa shape index (κ3) is 6.54. The topological polar surface area (TPSA) is 58.6 Å². The molecular weight excluding hydrogens is 170 g/mol. The summed E-state index contributed by atoms with van der Waals surface area (Å²) in [4.78, 5) is 10.6. The molecule has 0 aliphatic heterocycles. The molecule has 0 spiro atoms. The maximum absolute atomic E-state index is 10.6. The molecule has 0 aromatic heterocycles. The first kappa shape index (κ1) is 12.4. The molecule has 0 saturated heterocycles. The average Bonchev–Trinajstić information content (AvgIpc) is 2.10. The van der Waals surface area contributed by atoms with Crippen molar-refractivity contribution in [3.05, 3.63) is 0 Å². The van der Waals surface area contributed by atoms with E-state index in [4.69, 9.17) is 9.84 Å². The SMILES string of the molecule is CCCOCCC(NCC)C(=O)O. The summed E-state index contributed by atoms with van der Waals surface area (Å²) in [6.45, 7) is 5.81. The van der Waals surface area contributed by atoms with E-state index in [1.165, 1.54) is 0 Å². The van der Waals surface area contributed by atoms with Gasteiger partial charge < -0.3 is 15.2 Å². The molecular formula is C9H19NO3. The first-order valence-electron chi connectivity index (χ1n) is 4.76. The Morgan fingerprint density at radius 3 is 2.62 bits per heavy atom. The van der Waals surface area contributed by atoms with E-state index >= 15 is 0 Å². The zero-order chi connectivity index (χ0) is 10.1. The molecule has 0 radical (unpaired) electrons. The first-order valence-corrected chi connectivity index (χ1v) is 4.76. The summed E-state index contributed by atoms with van der Waals surface area (Å²) in [6.07, 6.45) is 1.50.